The first-order chi connectivity index (χ1) is 7.78. The van der Waals surface area contributed by atoms with Crippen molar-refractivity contribution >= 4 is 22.9 Å². The lowest BCUT2D eigenvalue weighted by atomic mass is 9.89. The van der Waals surface area contributed by atoms with E-state index >= 15 is 0 Å². The number of nitrogens with one attached hydrogen (secondary N) is 2. The minimum absolute atomic E-state index is 0.0293. The molecule has 5 nitrogen and oxygen atoms in total. The van der Waals surface area contributed by atoms with Gasteiger partial charge in [-0.25, -0.2) is 0 Å². The Balaban J connectivity index is 2.26. The van der Waals surface area contributed by atoms with Crippen molar-refractivity contribution in [3.8, 4) is 0 Å². The molecule has 0 aromatic rings. The van der Waals surface area contributed by atoms with Gasteiger partial charge in [0.15, 0.2) is 0 Å². The Hall–Kier alpha value is -0.750. The average molecular weight is 260 g/mol. The van der Waals surface area contributed by atoms with Crippen molar-refractivity contribution in [3.63, 3.8) is 0 Å². The summed E-state index contributed by atoms with van der Waals surface area (Å²) >= 11 is 1.10. The highest BCUT2D eigenvalue weighted by Crippen LogP contribution is 2.20. The lowest BCUT2D eigenvalue weighted by molar-refractivity contribution is -0.122. The lowest BCUT2D eigenvalue weighted by Crippen LogP contribution is -2.45. The fraction of sp³-hybridized carbons (Fsp3) is 0.818. The summed E-state index contributed by atoms with van der Waals surface area (Å²) in [6.07, 6.45) is 0.0719. The molecule has 0 aromatic heterocycles. The SMILES string of the molecule is CC(C)(C)CC(O)CNC(=O)C1CSC(=O)N1. The summed E-state index contributed by atoms with van der Waals surface area (Å²) in [6.45, 7) is 6.33. The molecule has 1 rings (SSSR count). The minimum Gasteiger partial charge on any atom is -0.391 e. The van der Waals surface area contributed by atoms with Gasteiger partial charge in [0.1, 0.15) is 6.04 Å². The molecule has 2 unspecified atom stereocenters. The van der Waals surface area contributed by atoms with Gasteiger partial charge >= 0.3 is 0 Å². The first-order valence-electron chi connectivity index (χ1n) is 5.67. The molecule has 2 amide bonds. The molecule has 98 valence electrons. The Morgan fingerprint density at radius 2 is 2.29 bits per heavy atom. The Morgan fingerprint density at radius 1 is 1.65 bits per heavy atom. The molecular formula is C11H20N2O3S. The van der Waals surface area contributed by atoms with Crippen molar-refractivity contribution < 1.29 is 14.7 Å². The van der Waals surface area contributed by atoms with E-state index in [1.54, 1.807) is 0 Å². The van der Waals surface area contributed by atoms with Crippen LogP contribution in [0.4, 0.5) is 4.79 Å². The normalized spacial score (nSPS) is 22.1. The zero-order valence-corrected chi connectivity index (χ0v) is 11.3. The van der Waals surface area contributed by atoms with Gasteiger partial charge in [-0.2, -0.15) is 0 Å². The molecule has 1 fully saturated rings. The van der Waals surface area contributed by atoms with Crippen molar-refractivity contribution in [3.05, 3.63) is 0 Å². The van der Waals surface area contributed by atoms with E-state index in [2.05, 4.69) is 10.6 Å². The number of hydrogen-bond donors (Lipinski definition) is 3. The molecule has 1 heterocycles. The maximum absolute atomic E-state index is 11.6. The third-order valence-electron chi connectivity index (χ3n) is 2.35. The van der Waals surface area contributed by atoms with Crippen LogP contribution in [0.2, 0.25) is 0 Å². The molecule has 0 aromatic carbocycles. The molecule has 0 bridgehead atoms. The van der Waals surface area contributed by atoms with E-state index in [0.717, 1.165) is 11.8 Å². The number of hydrogen-bond acceptors (Lipinski definition) is 4. The van der Waals surface area contributed by atoms with E-state index < -0.39 is 12.1 Å². The van der Waals surface area contributed by atoms with E-state index in [9.17, 15) is 14.7 Å². The number of aliphatic hydroxyl groups excluding tert-OH is 1. The lowest BCUT2D eigenvalue weighted by Gasteiger charge is -2.22. The van der Waals surface area contributed by atoms with Gasteiger partial charge in [-0.15, -0.1) is 0 Å². The van der Waals surface area contributed by atoms with Crippen LogP contribution in [0.15, 0.2) is 0 Å². The molecule has 1 aliphatic rings. The Labute approximate surface area is 106 Å². The summed E-state index contributed by atoms with van der Waals surface area (Å²) in [7, 11) is 0. The zero-order valence-electron chi connectivity index (χ0n) is 10.4. The van der Waals surface area contributed by atoms with E-state index in [4.69, 9.17) is 0 Å². The van der Waals surface area contributed by atoms with Crippen molar-refractivity contribution in [2.24, 2.45) is 5.41 Å². The number of carbonyl (C=O) groups is 2. The summed E-state index contributed by atoms with van der Waals surface area (Å²) in [5.74, 6) is 0.233. The summed E-state index contributed by atoms with van der Waals surface area (Å²) in [5, 5.41) is 14.8. The van der Waals surface area contributed by atoms with Crippen LogP contribution in [0.3, 0.4) is 0 Å². The highest BCUT2D eigenvalue weighted by atomic mass is 32.2. The largest absolute Gasteiger partial charge is 0.391 e. The van der Waals surface area contributed by atoms with E-state index in [-0.39, 0.29) is 23.1 Å². The fourth-order valence-corrected chi connectivity index (χ4v) is 2.42. The van der Waals surface area contributed by atoms with Gasteiger partial charge in [0, 0.05) is 12.3 Å². The van der Waals surface area contributed by atoms with E-state index in [1.807, 2.05) is 20.8 Å². The number of carbonyl (C=O) groups excluding carboxylic acids is 2. The molecule has 17 heavy (non-hydrogen) atoms. The third-order valence-corrected chi connectivity index (χ3v) is 3.23. The van der Waals surface area contributed by atoms with Crippen LogP contribution in [0.25, 0.3) is 0 Å². The first kappa shape index (κ1) is 14.3. The second-order valence-electron chi connectivity index (χ2n) is 5.46. The summed E-state index contributed by atoms with van der Waals surface area (Å²) in [4.78, 5) is 22.5. The van der Waals surface area contributed by atoms with Gasteiger partial charge < -0.3 is 15.7 Å². The van der Waals surface area contributed by atoms with Gasteiger partial charge in [0.25, 0.3) is 5.24 Å². The number of thioether (sulfide) groups is 1. The van der Waals surface area contributed by atoms with Gasteiger partial charge in [-0.1, -0.05) is 32.5 Å². The van der Waals surface area contributed by atoms with Crippen LogP contribution < -0.4 is 10.6 Å². The Bertz CT molecular complexity index is 302. The zero-order chi connectivity index (χ0) is 13.1. The van der Waals surface area contributed by atoms with Gasteiger partial charge in [0.2, 0.25) is 5.91 Å². The first-order valence-corrected chi connectivity index (χ1v) is 6.65. The standard InChI is InChI=1S/C11H20N2O3S/c1-11(2,3)4-7(14)5-12-9(15)8-6-17-10(16)13-8/h7-8,14H,4-6H2,1-3H3,(H,12,15)(H,13,16). The molecule has 2 atom stereocenters. The quantitative estimate of drug-likeness (QED) is 0.696. The van der Waals surface area contributed by atoms with Crippen LogP contribution in [0.5, 0.6) is 0 Å². The van der Waals surface area contributed by atoms with Crippen LogP contribution in [0, 0.1) is 5.41 Å². The molecular weight excluding hydrogens is 240 g/mol. The smallest absolute Gasteiger partial charge is 0.279 e. The molecule has 1 saturated heterocycles. The molecule has 3 N–H and O–H groups in total. The maximum Gasteiger partial charge on any atom is 0.279 e. The summed E-state index contributed by atoms with van der Waals surface area (Å²) in [5.41, 5.74) is 0.0293. The van der Waals surface area contributed by atoms with E-state index in [0.29, 0.717) is 12.2 Å². The number of aliphatic hydroxyl groups is 1. The second kappa shape index (κ2) is 5.73. The molecule has 0 saturated carbocycles. The van der Waals surface area contributed by atoms with Crippen molar-refractivity contribution in [2.75, 3.05) is 12.3 Å². The number of amides is 2. The van der Waals surface area contributed by atoms with Crippen molar-refractivity contribution in [1.29, 1.82) is 0 Å². The summed E-state index contributed by atoms with van der Waals surface area (Å²) < 4.78 is 0. The molecule has 0 radical (unpaired) electrons. The van der Waals surface area contributed by atoms with E-state index in [1.165, 1.54) is 0 Å². The van der Waals surface area contributed by atoms with Gasteiger partial charge in [0.05, 0.1) is 6.10 Å². The maximum atomic E-state index is 11.6. The van der Waals surface area contributed by atoms with Crippen molar-refractivity contribution in [1.82, 2.24) is 10.6 Å². The third kappa shape index (κ3) is 5.41. The van der Waals surface area contributed by atoms with Crippen LogP contribution in [-0.2, 0) is 4.79 Å². The minimum atomic E-state index is -0.552. The predicted molar refractivity (Wildman–Crippen MR) is 67.9 cm³/mol. The van der Waals surface area contributed by atoms with Crippen LogP contribution in [-0.4, -0.2) is 40.7 Å². The average Bonchev–Trinajstić information content (AvgIpc) is 2.58. The number of rotatable bonds is 4. The predicted octanol–water partition coefficient (Wildman–Crippen LogP) is 0.725. The fourth-order valence-electron chi connectivity index (χ4n) is 1.65. The molecule has 0 aliphatic carbocycles. The van der Waals surface area contributed by atoms with Gasteiger partial charge in [-0.3, -0.25) is 9.59 Å². The molecule has 0 spiro atoms. The molecule has 6 heteroatoms. The Kier molecular flexibility index (Phi) is 4.82. The topological polar surface area (TPSA) is 78.4 Å². The second-order valence-corrected chi connectivity index (χ2v) is 6.45. The molecule has 1 aliphatic heterocycles. The Morgan fingerprint density at radius 3 is 2.76 bits per heavy atom. The monoisotopic (exact) mass is 260 g/mol. The van der Waals surface area contributed by atoms with Gasteiger partial charge in [-0.05, 0) is 11.8 Å². The highest BCUT2D eigenvalue weighted by molar-refractivity contribution is 8.14. The summed E-state index contributed by atoms with van der Waals surface area (Å²) in [6, 6.07) is -0.464. The van der Waals surface area contributed by atoms with Crippen molar-refractivity contribution in [2.45, 2.75) is 39.3 Å². The van der Waals surface area contributed by atoms with Crippen LogP contribution in [0.1, 0.15) is 27.2 Å². The van der Waals surface area contributed by atoms with Crippen LogP contribution >= 0.6 is 11.8 Å². The highest BCUT2D eigenvalue weighted by Gasteiger charge is 2.28.